The number of fused-ring (bicyclic) bond motifs is 2. The Bertz CT molecular complexity index is 924. The van der Waals surface area contributed by atoms with E-state index in [1.165, 1.54) is 0 Å². The maximum atomic E-state index is 9.14. The van der Waals surface area contributed by atoms with Gasteiger partial charge in [0.2, 0.25) is 0 Å². The van der Waals surface area contributed by atoms with Crippen molar-refractivity contribution >= 4 is 21.5 Å². The van der Waals surface area contributed by atoms with Crippen LogP contribution in [-0.4, -0.2) is 15.3 Å². The van der Waals surface area contributed by atoms with Crippen LogP contribution in [0, 0.1) is 0 Å². The van der Waals surface area contributed by atoms with Gasteiger partial charge in [-0.1, -0.05) is 42.5 Å². The molecule has 0 saturated carbocycles. The summed E-state index contributed by atoms with van der Waals surface area (Å²) in [5.41, 5.74) is 0. The molecule has 4 rings (SSSR count). The number of phenolic OH excluding ortho intramolecular Hbond substituents is 3. The largest absolute Gasteiger partial charge is 0.508 e. The second-order valence-corrected chi connectivity index (χ2v) is 5.25. The third-order valence-electron chi connectivity index (χ3n) is 3.54. The molecule has 0 amide bonds. The van der Waals surface area contributed by atoms with Crippen molar-refractivity contribution < 1.29 is 15.3 Å². The Kier molecular flexibility index (Phi) is 4.02. The van der Waals surface area contributed by atoms with E-state index in [0.717, 1.165) is 21.5 Å². The molecule has 3 nitrogen and oxygen atoms in total. The molecule has 0 fully saturated rings. The smallest absolute Gasteiger partial charge is 0.116 e. The Morgan fingerprint density at radius 2 is 0.783 bits per heavy atom. The summed E-state index contributed by atoms with van der Waals surface area (Å²) in [4.78, 5) is 0. The molecule has 0 heterocycles. The first-order chi connectivity index (χ1) is 11.1. The SMILES string of the molecule is Oc1ccc2ccc(O)cc2c1.Oc1ccc2ccccc2c1. The topological polar surface area (TPSA) is 60.7 Å². The van der Waals surface area contributed by atoms with Crippen molar-refractivity contribution in [1.82, 2.24) is 0 Å². The minimum absolute atomic E-state index is 0.216. The summed E-state index contributed by atoms with van der Waals surface area (Å²) in [5.74, 6) is 0.755. The van der Waals surface area contributed by atoms with Crippen molar-refractivity contribution in [3.8, 4) is 17.2 Å². The molecule has 114 valence electrons. The Morgan fingerprint density at radius 3 is 1.30 bits per heavy atom. The maximum Gasteiger partial charge on any atom is 0.116 e. The van der Waals surface area contributed by atoms with Crippen LogP contribution in [0.1, 0.15) is 0 Å². The van der Waals surface area contributed by atoms with E-state index >= 15 is 0 Å². The second-order valence-electron chi connectivity index (χ2n) is 5.25. The van der Waals surface area contributed by atoms with Crippen LogP contribution in [0.3, 0.4) is 0 Å². The fourth-order valence-electron chi connectivity index (χ4n) is 2.40. The first-order valence-electron chi connectivity index (χ1n) is 7.21. The van der Waals surface area contributed by atoms with Gasteiger partial charge in [-0.05, 0) is 57.9 Å². The first-order valence-corrected chi connectivity index (χ1v) is 7.21. The van der Waals surface area contributed by atoms with Gasteiger partial charge in [0.25, 0.3) is 0 Å². The number of aromatic hydroxyl groups is 3. The summed E-state index contributed by atoms with van der Waals surface area (Å²) in [6.45, 7) is 0. The highest BCUT2D eigenvalue weighted by Crippen LogP contribution is 2.23. The van der Waals surface area contributed by atoms with E-state index in [4.69, 9.17) is 15.3 Å². The van der Waals surface area contributed by atoms with E-state index in [2.05, 4.69) is 0 Å². The fourth-order valence-corrected chi connectivity index (χ4v) is 2.40. The number of hydrogen-bond acceptors (Lipinski definition) is 3. The lowest BCUT2D eigenvalue weighted by molar-refractivity contribution is 0.474. The van der Waals surface area contributed by atoms with E-state index in [9.17, 15) is 0 Å². The zero-order valence-electron chi connectivity index (χ0n) is 12.3. The van der Waals surface area contributed by atoms with Gasteiger partial charge in [-0.25, -0.2) is 0 Å². The van der Waals surface area contributed by atoms with Crippen molar-refractivity contribution in [3.05, 3.63) is 78.9 Å². The van der Waals surface area contributed by atoms with Crippen LogP contribution < -0.4 is 0 Å². The molecule has 0 aliphatic rings. The van der Waals surface area contributed by atoms with Crippen molar-refractivity contribution in [2.75, 3.05) is 0 Å². The molecule has 4 aromatic carbocycles. The van der Waals surface area contributed by atoms with E-state index in [0.29, 0.717) is 5.75 Å². The molecular weight excluding hydrogens is 288 g/mol. The number of rotatable bonds is 0. The van der Waals surface area contributed by atoms with Gasteiger partial charge in [-0.2, -0.15) is 0 Å². The second kappa shape index (κ2) is 6.28. The molecule has 0 radical (unpaired) electrons. The lowest BCUT2D eigenvalue weighted by atomic mass is 10.1. The predicted molar refractivity (Wildman–Crippen MR) is 92.9 cm³/mol. The van der Waals surface area contributed by atoms with Gasteiger partial charge in [0.05, 0.1) is 0 Å². The zero-order valence-corrected chi connectivity index (χ0v) is 12.3. The van der Waals surface area contributed by atoms with Gasteiger partial charge >= 0.3 is 0 Å². The predicted octanol–water partition coefficient (Wildman–Crippen LogP) is 4.80. The molecule has 0 spiro atoms. The molecule has 0 aliphatic heterocycles. The van der Waals surface area contributed by atoms with Crippen molar-refractivity contribution in [1.29, 1.82) is 0 Å². The monoisotopic (exact) mass is 304 g/mol. The van der Waals surface area contributed by atoms with Gasteiger partial charge in [0.15, 0.2) is 0 Å². The van der Waals surface area contributed by atoms with Crippen molar-refractivity contribution in [2.24, 2.45) is 0 Å². The lowest BCUT2D eigenvalue weighted by Gasteiger charge is -1.98. The quantitative estimate of drug-likeness (QED) is 0.437. The van der Waals surface area contributed by atoms with Crippen LogP contribution >= 0.6 is 0 Å². The molecule has 0 saturated heterocycles. The molecule has 3 heteroatoms. The highest BCUT2D eigenvalue weighted by molar-refractivity contribution is 5.85. The first kappa shape index (κ1) is 14.7. The van der Waals surface area contributed by atoms with Crippen LogP contribution in [-0.2, 0) is 0 Å². The number of benzene rings is 4. The summed E-state index contributed by atoms with van der Waals surface area (Å²) in [6.07, 6.45) is 0. The molecule has 4 aromatic rings. The van der Waals surface area contributed by atoms with Gasteiger partial charge < -0.3 is 15.3 Å². The molecule has 0 aliphatic carbocycles. The average Bonchev–Trinajstić information content (AvgIpc) is 2.55. The van der Waals surface area contributed by atoms with Crippen LogP contribution in [0.25, 0.3) is 21.5 Å². The molecule has 0 bridgehead atoms. The minimum Gasteiger partial charge on any atom is -0.508 e. The summed E-state index contributed by atoms with van der Waals surface area (Å²) in [5, 5.41) is 31.5. The Morgan fingerprint density at radius 1 is 0.391 bits per heavy atom. The van der Waals surface area contributed by atoms with Gasteiger partial charge in [-0.3, -0.25) is 0 Å². The molecule has 23 heavy (non-hydrogen) atoms. The molecule has 3 N–H and O–H groups in total. The van der Waals surface area contributed by atoms with E-state index < -0.39 is 0 Å². The third kappa shape index (κ3) is 3.52. The van der Waals surface area contributed by atoms with Crippen LogP contribution in [0.5, 0.6) is 17.2 Å². The zero-order chi connectivity index (χ0) is 16.2. The number of phenols is 3. The van der Waals surface area contributed by atoms with Gasteiger partial charge in [0, 0.05) is 0 Å². The van der Waals surface area contributed by atoms with Crippen LogP contribution in [0.2, 0.25) is 0 Å². The standard InChI is InChI=1S/C10H8O2.C10H8O/c11-9-3-1-7-2-4-10(12)6-8(7)5-9;11-10-6-5-8-3-1-2-4-9(8)7-10/h1-6,11-12H;1-7,11H. The van der Waals surface area contributed by atoms with Gasteiger partial charge in [0.1, 0.15) is 17.2 Å². The molecule has 0 aromatic heterocycles. The Hall–Kier alpha value is -3.20. The molecular formula is C20H16O3. The Labute approximate surface area is 133 Å². The highest BCUT2D eigenvalue weighted by atomic mass is 16.3. The minimum atomic E-state index is 0.216. The normalized spacial score (nSPS) is 10.3. The van der Waals surface area contributed by atoms with Gasteiger partial charge in [-0.15, -0.1) is 0 Å². The Balaban J connectivity index is 0.000000136. The highest BCUT2D eigenvalue weighted by Gasteiger charge is 1.95. The molecule has 0 atom stereocenters. The summed E-state index contributed by atoms with van der Waals surface area (Å²) in [6, 6.07) is 23.4. The summed E-state index contributed by atoms with van der Waals surface area (Å²) >= 11 is 0. The van der Waals surface area contributed by atoms with Crippen LogP contribution in [0.15, 0.2) is 78.9 Å². The van der Waals surface area contributed by atoms with E-state index in [1.54, 1.807) is 36.4 Å². The van der Waals surface area contributed by atoms with Crippen LogP contribution in [0.4, 0.5) is 0 Å². The van der Waals surface area contributed by atoms with Crippen molar-refractivity contribution in [3.63, 3.8) is 0 Å². The lowest BCUT2D eigenvalue weighted by Crippen LogP contribution is -1.71. The molecule has 0 unspecified atom stereocenters. The van der Waals surface area contributed by atoms with Crippen molar-refractivity contribution in [2.45, 2.75) is 0 Å². The average molecular weight is 304 g/mol. The third-order valence-corrected chi connectivity index (χ3v) is 3.54. The maximum absolute atomic E-state index is 9.14. The summed E-state index contributed by atoms with van der Waals surface area (Å²) in [7, 11) is 0. The van der Waals surface area contributed by atoms with E-state index in [-0.39, 0.29) is 11.5 Å². The fraction of sp³-hybridized carbons (Fsp3) is 0. The van der Waals surface area contributed by atoms with E-state index in [1.807, 2.05) is 42.5 Å². The summed E-state index contributed by atoms with van der Waals surface area (Å²) < 4.78 is 0. The number of hydrogen-bond donors (Lipinski definition) is 3.